The molecule has 1 atom stereocenters. The number of esters is 1. The summed E-state index contributed by atoms with van der Waals surface area (Å²) in [6.07, 6.45) is 4.17. The SMILES string of the molecule is COC(=O)C(Sc1nc2c(cc1C#N)CCCC2)c1ccccc1. The summed E-state index contributed by atoms with van der Waals surface area (Å²) in [6, 6.07) is 13.6. The average Bonchev–Trinajstić information content (AvgIpc) is 2.65. The van der Waals surface area contributed by atoms with Crippen molar-refractivity contribution in [2.24, 2.45) is 0 Å². The van der Waals surface area contributed by atoms with Gasteiger partial charge in [0.2, 0.25) is 0 Å². The van der Waals surface area contributed by atoms with Gasteiger partial charge >= 0.3 is 5.97 Å². The first kappa shape index (κ1) is 16.5. The highest BCUT2D eigenvalue weighted by molar-refractivity contribution is 8.00. The molecule has 1 aromatic carbocycles. The van der Waals surface area contributed by atoms with Crippen LogP contribution in [0, 0.1) is 11.3 Å². The molecule has 1 unspecified atom stereocenters. The Balaban J connectivity index is 1.98. The minimum atomic E-state index is -0.530. The zero-order chi connectivity index (χ0) is 16.9. The van der Waals surface area contributed by atoms with Crippen molar-refractivity contribution in [3.8, 4) is 6.07 Å². The van der Waals surface area contributed by atoms with Gasteiger partial charge in [0.15, 0.2) is 0 Å². The third-order valence-electron chi connectivity index (χ3n) is 4.13. The summed E-state index contributed by atoms with van der Waals surface area (Å²) in [5.74, 6) is -0.338. The standard InChI is InChI=1S/C19H18N2O2S/c1-23-19(22)17(13-7-3-2-4-8-13)24-18-15(12-20)11-14-9-5-6-10-16(14)21-18/h2-4,7-8,11,17H,5-6,9-10H2,1H3. The number of ether oxygens (including phenoxy) is 1. The number of aromatic nitrogens is 1. The molecular weight excluding hydrogens is 320 g/mol. The van der Waals surface area contributed by atoms with Crippen LogP contribution in [0.2, 0.25) is 0 Å². The number of carbonyl (C=O) groups is 1. The summed E-state index contributed by atoms with van der Waals surface area (Å²) < 4.78 is 4.95. The number of benzene rings is 1. The fourth-order valence-corrected chi connectivity index (χ4v) is 3.99. The van der Waals surface area contributed by atoms with Crippen LogP contribution in [0.1, 0.15) is 40.5 Å². The van der Waals surface area contributed by atoms with Gasteiger partial charge in [-0.15, -0.1) is 0 Å². The third kappa shape index (κ3) is 3.44. The number of thioether (sulfide) groups is 1. The summed E-state index contributed by atoms with van der Waals surface area (Å²) in [5, 5.41) is 9.56. The number of carbonyl (C=O) groups excluding carboxylic acids is 1. The Morgan fingerprint density at radius 3 is 2.75 bits per heavy atom. The number of pyridine rings is 1. The van der Waals surface area contributed by atoms with Crippen LogP contribution in [0.4, 0.5) is 0 Å². The van der Waals surface area contributed by atoms with Gasteiger partial charge in [-0.2, -0.15) is 5.26 Å². The van der Waals surface area contributed by atoms with E-state index in [1.165, 1.54) is 18.9 Å². The number of methoxy groups -OCH3 is 1. The number of rotatable bonds is 4. The zero-order valence-electron chi connectivity index (χ0n) is 13.5. The topological polar surface area (TPSA) is 63.0 Å². The van der Waals surface area contributed by atoms with Gasteiger partial charge in [-0.25, -0.2) is 4.98 Å². The maximum atomic E-state index is 12.3. The average molecular weight is 338 g/mol. The molecule has 24 heavy (non-hydrogen) atoms. The van der Waals surface area contributed by atoms with Crippen LogP contribution in [-0.4, -0.2) is 18.1 Å². The second-order valence-corrected chi connectivity index (χ2v) is 6.79. The van der Waals surface area contributed by atoms with E-state index in [0.29, 0.717) is 10.6 Å². The van der Waals surface area contributed by atoms with Crippen LogP contribution >= 0.6 is 11.8 Å². The molecule has 4 nitrogen and oxygen atoms in total. The highest BCUT2D eigenvalue weighted by Crippen LogP contribution is 2.38. The van der Waals surface area contributed by atoms with Crippen LogP contribution in [0.5, 0.6) is 0 Å². The summed E-state index contributed by atoms with van der Waals surface area (Å²) in [7, 11) is 1.38. The van der Waals surface area contributed by atoms with Crippen LogP contribution in [0.25, 0.3) is 0 Å². The highest BCUT2D eigenvalue weighted by atomic mass is 32.2. The van der Waals surface area contributed by atoms with E-state index in [4.69, 9.17) is 9.72 Å². The van der Waals surface area contributed by atoms with Crippen molar-refractivity contribution in [1.29, 1.82) is 5.26 Å². The molecule has 5 heteroatoms. The van der Waals surface area contributed by atoms with E-state index in [0.717, 1.165) is 42.5 Å². The first-order valence-electron chi connectivity index (χ1n) is 7.95. The maximum absolute atomic E-state index is 12.3. The number of nitrogens with zero attached hydrogens (tertiary/aromatic N) is 2. The van der Waals surface area contributed by atoms with Gasteiger partial charge in [0.25, 0.3) is 0 Å². The first-order chi connectivity index (χ1) is 11.7. The molecule has 0 aliphatic heterocycles. The van der Waals surface area contributed by atoms with Crippen LogP contribution in [0.15, 0.2) is 41.4 Å². The molecular formula is C19H18N2O2S. The Bertz CT molecular complexity index is 784. The molecule has 0 spiro atoms. The van der Waals surface area contributed by atoms with Crippen molar-refractivity contribution >= 4 is 17.7 Å². The van der Waals surface area contributed by atoms with E-state index in [1.54, 1.807) is 0 Å². The summed E-state index contributed by atoms with van der Waals surface area (Å²) in [5.41, 5.74) is 3.60. The molecule has 0 amide bonds. The number of fused-ring (bicyclic) bond motifs is 1. The van der Waals surface area contributed by atoms with Crippen molar-refractivity contribution in [3.63, 3.8) is 0 Å². The summed E-state index contributed by atoms with van der Waals surface area (Å²) in [4.78, 5) is 17.0. The van der Waals surface area contributed by atoms with Crippen LogP contribution < -0.4 is 0 Å². The number of aryl methyl sites for hydroxylation is 2. The summed E-state index contributed by atoms with van der Waals surface area (Å²) >= 11 is 1.29. The minimum Gasteiger partial charge on any atom is -0.468 e. The minimum absolute atomic E-state index is 0.338. The van der Waals surface area contributed by atoms with Gasteiger partial charge in [0.05, 0.1) is 12.7 Å². The van der Waals surface area contributed by atoms with E-state index >= 15 is 0 Å². The molecule has 122 valence electrons. The zero-order valence-corrected chi connectivity index (χ0v) is 14.3. The molecule has 0 radical (unpaired) electrons. The second kappa shape index (κ2) is 7.50. The number of nitriles is 1. The predicted molar refractivity (Wildman–Crippen MR) is 92.7 cm³/mol. The van der Waals surface area contributed by atoms with Crippen molar-refractivity contribution in [2.45, 2.75) is 36.0 Å². The lowest BCUT2D eigenvalue weighted by Gasteiger charge is -2.19. The van der Waals surface area contributed by atoms with Gasteiger partial charge in [-0.3, -0.25) is 4.79 Å². The van der Waals surface area contributed by atoms with Crippen molar-refractivity contribution in [1.82, 2.24) is 4.98 Å². The lowest BCUT2D eigenvalue weighted by Crippen LogP contribution is -2.13. The predicted octanol–water partition coefficient (Wildman–Crippen LogP) is 3.84. The van der Waals surface area contributed by atoms with Gasteiger partial charge in [0.1, 0.15) is 16.3 Å². The maximum Gasteiger partial charge on any atom is 0.323 e. The molecule has 0 N–H and O–H groups in total. The number of hydrogen-bond acceptors (Lipinski definition) is 5. The molecule has 2 aromatic rings. The first-order valence-corrected chi connectivity index (χ1v) is 8.83. The molecule has 0 fully saturated rings. The summed E-state index contributed by atoms with van der Waals surface area (Å²) in [6.45, 7) is 0. The van der Waals surface area contributed by atoms with E-state index in [1.807, 2.05) is 36.4 Å². The molecule has 0 saturated heterocycles. The monoisotopic (exact) mass is 338 g/mol. The molecule has 3 rings (SSSR count). The van der Waals surface area contributed by atoms with Crippen LogP contribution in [0.3, 0.4) is 0 Å². The normalized spacial score (nSPS) is 14.3. The molecule has 1 aliphatic carbocycles. The van der Waals surface area contributed by atoms with Gasteiger partial charge in [-0.1, -0.05) is 42.1 Å². The Hall–Kier alpha value is -2.32. The fourth-order valence-electron chi connectivity index (χ4n) is 2.88. The highest BCUT2D eigenvalue weighted by Gasteiger charge is 2.26. The fraction of sp³-hybridized carbons (Fsp3) is 0.316. The molecule has 1 aromatic heterocycles. The van der Waals surface area contributed by atoms with Crippen molar-refractivity contribution in [3.05, 3.63) is 58.8 Å². The van der Waals surface area contributed by atoms with Crippen molar-refractivity contribution < 1.29 is 9.53 Å². The Morgan fingerprint density at radius 2 is 2.04 bits per heavy atom. The number of hydrogen-bond donors (Lipinski definition) is 0. The Kier molecular flexibility index (Phi) is 5.17. The molecule has 1 aliphatic rings. The quantitative estimate of drug-likeness (QED) is 0.626. The van der Waals surface area contributed by atoms with Gasteiger partial charge in [-0.05, 0) is 42.9 Å². The lowest BCUT2D eigenvalue weighted by atomic mass is 9.95. The van der Waals surface area contributed by atoms with Crippen LogP contribution in [-0.2, 0) is 22.4 Å². The smallest absolute Gasteiger partial charge is 0.323 e. The lowest BCUT2D eigenvalue weighted by molar-refractivity contribution is -0.140. The van der Waals surface area contributed by atoms with E-state index < -0.39 is 5.25 Å². The molecule has 0 bridgehead atoms. The van der Waals surface area contributed by atoms with E-state index in [9.17, 15) is 10.1 Å². The van der Waals surface area contributed by atoms with E-state index in [-0.39, 0.29) is 5.97 Å². The largest absolute Gasteiger partial charge is 0.468 e. The van der Waals surface area contributed by atoms with Gasteiger partial charge in [0, 0.05) is 5.69 Å². The van der Waals surface area contributed by atoms with Gasteiger partial charge < -0.3 is 4.74 Å². The molecule has 1 heterocycles. The Labute approximate surface area is 145 Å². The Morgan fingerprint density at radius 1 is 1.29 bits per heavy atom. The molecule has 0 saturated carbocycles. The van der Waals surface area contributed by atoms with Crippen molar-refractivity contribution in [2.75, 3.05) is 7.11 Å². The van der Waals surface area contributed by atoms with E-state index in [2.05, 4.69) is 6.07 Å². The third-order valence-corrected chi connectivity index (χ3v) is 5.37. The second-order valence-electron chi connectivity index (χ2n) is 5.70.